The second-order valence-electron chi connectivity index (χ2n) is 5.47. The summed E-state index contributed by atoms with van der Waals surface area (Å²) in [6.45, 7) is 1.82. The third-order valence-electron chi connectivity index (χ3n) is 3.90. The highest BCUT2D eigenvalue weighted by Crippen LogP contribution is 2.29. The van der Waals surface area contributed by atoms with E-state index in [-0.39, 0.29) is 0 Å². The van der Waals surface area contributed by atoms with Crippen molar-refractivity contribution in [1.82, 2.24) is 19.7 Å². The molecule has 2 aromatic rings. The molecule has 0 amide bonds. The number of nitrogens with zero attached hydrogens (tertiary/aromatic N) is 4. The fourth-order valence-electron chi connectivity index (χ4n) is 2.82. The third kappa shape index (κ3) is 2.88. The fraction of sp³-hybridized carbons (Fsp3) is 0.533. The van der Waals surface area contributed by atoms with Gasteiger partial charge in [0.25, 0.3) is 0 Å². The number of aryl methyl sites for hydroxylation is 1. The highest BCUT2D eigenvalue weighted by molar-refractivity contribution is 5.10. The summed E-state index contributed by atoms with van der Waals surface area (Å²) in [5, 5.41) is 14.8. The topological polar surface area (TPSA) is 63.8 Å². The van der Waals surface area contributed by atoms with Gasteiger partial charge in [0.05, 0.1) is 17.4 Å². The van der Waals surface area contributed by atoms with E-state index in [4.69, 9.17) is 0 Å². The molecule has 3 rings (SSSR count). The lowest BCUT2D eigenvalue weighted by atomic mass is 10.1. The molecule has 0 aliphatic heterocycles. The number of aliphatic hydroxyl groups is 1. The van der Waals surface area contributed by atoms with Crippen LogP contribution in [0.15, 0.2) is 24.5 Å². The van der Waals surface area contributed by atoms with Crippen LogP contribution in [0.3, 0.4) is 0 Å². The van der Waals surface area contributed by atoms with E-state index in [1.807, 2.05) is 19.2 Å². The van der Waals surface area contributed by atoms with Gasteiger partial charge in [-0.1, -0.05) is 12.8 Å². The molecule has 5 heteroatoms. The fourth-order valence-corrected chi connectivity index (χ4v) is 2.82. The average molecular weight is 272 g/mol. The van der Waals surface area contributed by atoms with Crippen LogP contribution < -0.4 is 0 Å². The molecular weight excluding hydrogens is 252 g/mol. The Kier molecular flexibility index (Phi) is 3.78. The normalized spacial score (nSPS) is 17.5. The molecular formula is C15H20N4O. The van der Waals surface area contributed by atoms with E-state index in [1.165, 1.54) is 25.7 Å². The van der Waals surface area contributed by atoms with Crippen molar-refractivity contribution < 1.29 is 5.11 Å². The molecule has 1 unspecified atom stereocenters. The predicted octanol–water partition coefficient (Wildman–Crippen LogP) is 2.37. The van der Waals surface area contributed by atoms with Crippen molar-refractivity contribution in [3.63, 3.8) is 0 Å². The molecule has 2 aromatic heterocycles. The molecule has 20 heavy (non-hydrogen) atoms. The second-order valence-corrected chi connectivity index (χ2v) is 5.47. The van der Waals surface area contributed by atoms with Crippen LogP contribution in [0.5, 0.6) is 0 Å². The van der Waals surface area contributed by atoms with Crippen LogP contribution >= 0.6 is 0 Å². The van der Waals surface area contributed by atoms with E-state index in [1.54, 1.807) is 12.3 Å². The number of rotatable bonds is 4. The molecule has 0 spiro atoms. The van der Waals surface area contributed by atoms with Gasteiger partial charge in [-0.25, -0.2) is 9.97 Å². The number of hydrogen-bond acceptors (Lipinski definition) is 4. The summed E-state index contributed by atoms with van der Waals surface area (Å²) >= 11 is 0. The maximum absolute atomic E-state index is 10.2. The first-order valence-electron chi connectivity index (χ1n) is 7.24. The molecule has 1 saturated carbocycles. The molecule has 0 bridgehead atoms. The first-order valence-corrected chi connectivity index (χ1v) is 7.24. The lowest BCUT2D eigenvalue weighted by Gasteiger charge is -2.10. The molecule has 1 atom stereocenters. The molecule has 1 aliphatic rings. The van der Waals surface area contributed by atoms with Crippen molar-refractivity contribution in [3.05, 3.63) is 41.7 Å². The highest BCUT2D eigenvalue weighted by atomic mass is 16.3. The second kappa shape index (κ2) is 5.71. The Balaban J connectivity index is 1.68. The summed E-state index contributed by atoms with van der Waals surface area (Å²) < 4.78 is 2.06. The van der Waals surface area contributed by atoms with E-state index in [2.05, 4.69) is 19.7 Å². The Morgan fingerprint density at radius 2 is 2.15 bits per heavy atom. The van der Waals surface area contributed by atoms with Gasteiger partial charge in [-0.2, -0.15) is 5.10 Å². The smallest absolute Gasteiger partial charge is 0.125 e. The summed E-state index contributed by atoms with van der Waals surface area (Å²) in [4.78, 5) is 8.30. The molecule has 0 radical (unpaired) electrons. The van der Waals surface area contributed by atoms with E-state index >= 15 is 0 Å². The summed E-state index contributed by atoms with van der Waals surface area (Å²) in [5.74, 6) is 0.679. The van der Waals surface area contributed by atoms with E-state index in [0.717, 1.165) is 5.69 Å². The summed E-state index contributed by atoms with van der Waals surface area (Å²) in [7, 11) is 0. The largest absolute Gasteiger partial charge is 0.386 e. The van der Waals surface area contributed by atoms with Gasteiger partial charge in [-0.15, -0.1) is 0 Å². The van der Waals surface area contributed by atoms with Crippen molar-refractivity contribution in [2.45, 2.75) is 51.2 Å². The summed E-state index contributed by atoms with van der Waals surface area (Å²) in [6.07, 6.45) is 8.61. The quantitative estimate of drug-likeness (QED) is 0.928. The van der Waals surface area contributed by atoms with Crippen LogP contribution in [0, 0.1) is 6.92 Å². The molecule has 1 aliphatic carbocycles. The predicted molar refractivity (Wildman–Crippen MR) is 75.2 cm³/mol. The maximum atomic E-state index is 10.2. The van der Waals surface area contributed by atoms with Crippen molar-refractivity contribution >= 4 is 0 Å². The Morgan fingerprint density at radius 3 is 2.90 bits per heavy atom. The van der Waals surface area contributed by atoms with Gasteiger partial charge in [0, 0.05) is 18.8 Å². The number of hydrogen-bond donors (Lipinski definition) is 1. The maximum Gasteiger partial charge on any atom is 0.125 e. The van der Waals surface area contributed by atoms with Crippen LogP contribution in [-0.2, 0) is 6.42 Å². The van der Waals surface area contributed by atoms with Gasteiger partial charge in [0.1, 0.15) is 11.9 Å². The molecule has 0 saturated heterocycles. The van der Waals surface area contributed by atoms with Gasteiger partial charge in [0.15, 0.2) is 0 Å². The Hall–Kier alpha value is -1.75. The summed E-state index contributed by atoms with van der Waals surface area (Å²) in [6, 6.07) is 4.29. The van der Waals surface area contributed by atoms with Gasteiger partial charge in [-0.05, 0) is 31.9 Å². The van der Waals surface area contributed by atoms with Gasteiger partial charge >= 0.3 is 0 Å². The highest BCUT2D eigenvalue weighted by Gasteiger charge is 2.18. The molecule has 2 heterocycles. The minimum Gasteiger partial charge on any atom is -0.386 e. The molecule has 5 nitrogen and oxygen atoms in total. The van der Waals surface area contributed by atoms with Crippen molar-refractivity contribution in [1.29, 1.82) is 0 Å². The SMILES string of the molecule is Cc1nccc(C(O)Cc2ccn(C3CCCC3)n2)n1. The number of aliphatic hydroxyl groups excluding tert-OH is 1. The Bertz CT molecular complexity index is 575. The van der Waals surface area contributed by atoms with Gasteiger partial charge < -0.3 is 5.11 Å². The zero-order valence-electron chi connectivity index (χ0n) is 11.7. The molecule has 0 aromatic carbocycles. The van der Waals surface area contributed by atoms with Crippen LogP contribution in [-0.4, -0.2) is 24.9 Å². The van der Waals surface area contributed by atoms with E-state index in [9.17, 15) is 5.11 Å². The van der Waals surface area contributed by atoms with E-state index < -0.39 is 6.10 Å². The van der Waals surface area contributed by atoms with Crippen molar-refractivity contribution in [2.24, 2.45) is 0 Å². The lowest BCUT2D eigenvalue weighted by molar-refractivity contribution is 0.171. The number of aromatic nitrogens is 4. The lowest BCUT2D eigenvalue weighted by Crippen LogP contribution is -2.08. The minimum atomic E-state index is -0.622. The van der Waals surface area contributed by atoms with E-state index in [0.29, 0.717) is 24.0 Å². The minimum absolute atomic E-state index is 0.496. The van der Waals surface area contributed by atoms with Crippen LogP contribution in [0.25, 0.3) is 0 Å². The molecule has 106 valence electrons. The first kappa shape index (κ1) is 13.2. The Labute approximate surface area is 118 Å². The van der Waals surface area contributed by atoms with Gasteiger partial charge in [0.2, 0.25) is 0 Å². The van der Waals surface area contributed by atoms with Crippen LogP contribution in [0.4, 0.5) is 0 Å². The van der Waals surface area contributed by atoms with Gasteiger partial charge in [-0.3, -0.25) is 4.68 Å². The first-order chi connectivity index (χ1) is 9.72. The van der Waals surface area contributed by atoms with Crippen molar-refractivity contribution in [2.75, 3.05) is 0 Å². The van der Waals surface area contributed by atoms with Crippen LogP contribution in [0.2, 0.25) is 0 Å². The van der Waals surface area contributed by atoms with Crippen molar-refractivity contribution in [3.8, 4) is 0 Å². The monoisotopic (exact) mass is 272 g/mol. The molecule has 1 fully saturated rings. The third-order valence-corrected chi connectivity index (χ3v) is 3.90. The molecule has 1 N–H and O–H groups in total. The zero-order chi connectivity index (χ0) is 13.9. The standard InChI is InChI=1S/C15H20N4O/c1-11-16-8-6-14(17-11)15(20)10-12-7-9-19(18-12)13-4-2-3-5-13/h6-9,13,15,20H,2-5,10H2,1H3. The Morgan fingerprint density at radius 1 is 1.35 bits per heavy atom. The summed E-state index contributed by atoms with van der Waals surface area (Å²) in [5.41, 5.74) is 1.58. The zero-order valence-corrected chi connectivity index (χ0v) is 11.7. The average Bonchev–Trinajstić information content (AvgIpc) is 3.08. The van der Waals surface area contributed by atoms with Crippen LogP contribution in [0.1, 0.15) is 55.0 Å².